The molecule has 4 nitrogen and oxygen atoms in total. The fourth-order valence-electron chi connectivity index (χ4n) is 2.36. The molecule has 1 atom stereocenters. The Kier molecular flexibility index (Phi) is 7.47. The van der Waals surface area contributed by atoms with Crippen LogP contribution in [0.3, 0.4) is 0 Å². The quantitative estimate of drug-likeness (QED) is 0.458. The number of hydrogen-bond acceptors (Lipinski definition) is 4. The Balaban J connectivity index is 1.65. The first-order chi connectivity index (χ1) is 12.0. The highest BCUT2D eigenvalue weighted by Gasteiger charge is 2.16. The third kappa shape index (κ3) is 6.88. The monoisotopic (exact) mass is 362 g/mol. The lowest BCUT2D eigenvalue weighted by atomic mass is 10.1. The summed E-state index contributed by atoms with van der Waals surface area (Å²) in [5, 5.41) is 0. The standard InChI is InChI=1S/C20H26O4S/c1-17-11-13-20(14-12-17)25(21,22)24-16-18(2)8-6-7-15-23-19-9-4-3-5-10-19/h3-5,9-14,18H,6-8,15-16H2,1-2H3. The van der Waals surface area contributed by atoms with Gasteiger partial charge in [0.05, 0.1) is 18.1 Å². The van der Waals surface area contributed by atoms with Gasteiger partial charge < -0.3 is 4.74 Å². The molecule has 136 valence electrons. The number of hydrogen-bond donors (Lipinski definition) is 0. The molecular weight excluding hydrogens is 336 g/mol. The molecule has 0 saturated carbocycles. The van der Waals surface area contributed by atoms with Gasteiger partial charge >= 0.3 is 0 Å². The van der Waals surface area contributed by atoms with E-state index < -0.39 is 10.1 Å². The lowest BCUT2D eigenvalue weighted by molar-refractivity contribution is 0.246. The van der Waals surface area contributed by atoms with Gasteiger partial charge in [0.15, 0.2) is 0 Å². The second-order valence-corrected chi connectivity index (χ2v) is 7.93. The van der Waals surface area contributed by atoms with E-state index in [1.807, 2.05) is 44.2 Å². The molecule has 0 radical (unpaired) electrons. The van der Waals surface area contributed by atoms with Crippen molar-refractivity contribution in [2.24, 2.45) is 5.92 Å². The summed E-state index contributed by atoms with van der Waals surface area (Å²) in [4.78, 5) is 0.210. The smallest absolute Gasteiger partial charge is 0.296 e. The Bertz CT molecular complexity index is 724. The van der Waals surface area contributed by atoms with Crippen LogP contribution < -0.4 is 4.74 Å². The second kappa shape index (κ2) is 9.59. The number of rotatable bonds is 10. The zero-order chi connectivity index (χ0) is 18.1. The van der Waals surface area contributed by atoms with E-state index in [0.717, 1.165) is 30.6 Å². The average Bonchev–Trinajstić information content (AvgIpc) is 2.61. The topological polar surface area (TPSA) is 52.6 Å². The van der Waals surface area contributed by atoms with Crippen LogP contribution in [0.25, 0.3) is 0 Å². The number of aryl methyl sites for hydroxylation is 1. The summed E-state index contributed by atoms with van der Waals surface area (Å²) in [5.41, 5.74) is 1.02. The summed E-state index contributed by atoms with van der Waals surface area (Å²) < 4.78 is 35.1. The zero-order valence-electron chi connectivity index (χ0n) is 14.9. The first-order valence-electron chi connectivity index (χ1n) is 8.61. The molecule has 0 heterocycles. The average molecular weight is 362 g/mol. The van der Waals surface area contributed by atoms with E-state index in [-0.39, 0.29) is 17.4 Å². The fourth-order valence-corrected chi connectivity index (χ4v) is 3.38. The van der Waals surface area contributed by atoms with Crippen LogP contribution >= 0.6 is 0 Å². The molecule has 5 heteroatoms. The van der Waals surface area contributed by atoms with Crippen LogP contribution in [0.15, 0.2) is 59.5 Å². The zero-order valence-corrected chi connectivity index (χ0v) is 15.7. The molecule has 0 N–H and O–H groups in total. The summed E-state index contributed by atoms with van der Waals surface area (Å²) in [6.07, 6.45) is 2.81. The molecule has 0 saturated heterocycles. The van der Waals surface area contributed by atoms with E-state index in [0.29, 0.717) is 6.61 Å². The summed E-state index contributed by atoms with van der Waals surface area (Å²) in [7, 11) is -3.67. The third-order valence-corrected chi connectivity index (χ3v) is 5.22. The van der Waals surface area contributed by atoms with Gasteiger partial charge in [0.2, 0.25) is 0 Å². The Morgan fingerprint density at radius 3 is 2.32 bits per heavy atom. The summed E-state index contributed by atoms with van der Waals surface area (Å²) in [5.74, 6) is 1.06. The van der Waals surface area contributed by atoms with E-state index >= 15 is 0 Å². The maximum Gasteiger partial charge on any atom is 0.296 e. The first-order valence-corrected chi connectivity index (χ1v) is 10.0. The molecular formula is C20H26O4S. The van der Waals surface area contributed by atoms with Gasteiger partial charge in [-0.15, -0.1) is 0 Å². The summed E-state index contributed by atoms with van der Waals surface area (Å²) >= 11 is 0. The first kappa shape index (κ1) is 19.5. The number of para-hydroxylation sites is 1. The van der Waals surface area contributed by atoms with Crippen molar-refractivity contribution in [1.82, 2.24) is 0 Å². The van der Waals surface area contributed by atoms with Crippen molar-refractivity contribution in [1.29, 1.82) is 0 Å². The minimum atomic E-state index is -3.67. The van der Waals surface area contributed by atoms with Crippen molar-refractivity contribution < 1.29 is 17.3 Å². The van der Waals surface area contributed by atoms with Crippen molar-refractivity contribution >= 4 is 10.1 Å². The van der Waals surface area contributed by atoms with Gasteiger partial charge in [0.25, 0.3) is 10.1 Å². The molecule has 2 aromatic rings. The maximum absolute atomic E-state index is 12.1. The van der Waals surface area contributed by atoms with Crippen LogP contribution in [0.2, 0.25) is 0 Å². The van der Waals surface area contributed by atoms with E-state index in [4.69, 9.17) is 8.92 Å². The highest BCUT2D eigenvalue weighted by atomic mass is 32.2. The predicted molar refractivity (Wildman–Crippen MR) is 99.3 cm³/mol. The molecule has 0 fully saturated rings. The normalized spacial score (nSPS) is 12.7. The van der Waals surface area contributed by atoms with Gasteiger partial charge in [-0.2, -0.15) is 8.42 Å². The van der Waals surface area contributed by atoms with Crippen molar-refractivity contribution in [3.05, 3.63) is 60.2 Å². The van der Waals surface area contributed by atoms with E-state index in [1.165, 1.54) is 0 Å². The molecule has 0 spiro atoms. The van der Waals surface area contributed by atoms with Gasteiger partial charge in [0, 0.05) is 0 Å². The third-order valence-electron chi connectivity index (χ3n) is 3.92. The van der Waals surface area contributed by atoms with Crippen molar-refractivity contribution in [2.75, 3.05) is 13.2 Å². The molecule has 0 aliphatic rings. The van der Waals surface area contributed by atoms with Crippen molar-refractivity contribution in [3.8, 4) is 5.75 Å². The Morgan fingerprint density at radius 1 is 0.960 bits per heavy atom. The van der Waals surface area contributed by atoms with E-state index in [9.17, 15) is 8.42 Å². The molecule has 0 aromatic heterocycles. The molecule has 0 amide bonds. The Hall–Kier alpha value is -1.85. The summed E-state index contributed by atoms with van der Waals surface area (Å²) in [6.45, 7) is 4.79. The number of ether oxygens (including phenoxy) is 1. The van der Waals surface area contributed by atoms with Crippen LogP contribution in [0.1, 0.15) is 31.7 Å². The Labute approximate surface area is 150 Å². The van der Waals surface area contributed by atoms with Crippen LogP contribution in [0, 0.1) is 12.8 Å². The molecule has 2 rings (SSSR count). The predicted octanol–water partition coefficient (Wildman–Crippen LogP) is 4.59. The number of benzene rings is 2. The fraction of sp³-hybridized carbons (Fsp3) is 0.400. The SMILES string of the molecule is Cc1ccc(S(=O)(=O)OCC(C)CCCCOc2ccccc2)cc1. The van der Waals surface area contributed by atoms with Crippen LogP contribution in [-0.4, -0.2) is 21.6 Å². The van der Waals surface area contributed by atoms with Gasteiger partial charge in [-0.05, 0) is 56.4 Å². The highest BCUT2D eigenvalue weighted by molar-refractivity contribution is 7.86. The van der Waals surface area contributed by atoms with Gasteiger partial charge in [-0.25, -0.2) is 0 Å². The molecule has 25 heavy (non-hydrogen) atoms. The number of unbranched alkanes of at least 4 members (excludes halogenated alkanes) is 1. The molecule has 1 unspecified atom stereocenters. The van der Waals surface area contributed by atoms with Crippen molar-refractivity contribution in [2.45, 2.75) is 38.0 Å². The van der Waals surface area contributed by atoms with Crippen LogP contribution in [0.5, 0.6) is 5.75 Å². The lowest BCUT2D eigenvalue weighted by Crippen LogP contribution is -2.13. The van der Waals surface area contributed by atoms with E-state index in [2.05, 4.69) is 0 Å². The van der Waals surface area contributed by atoms with Crippen molar-refractivity contribution in [3.63, 3.8) is 0 Å². The maximum atomic E-state index is 12.1. The summed E-state index contributed by atoms with van der Waals surface area (Å²) in [6, 6.07) is 16.4. The molecule has 2 aromatic carbocycles. The van der Waals surface area contributed by atoms with Gasteiger partial charge in [0.1, 0.15) is 5.75 Å². The lowest BCUT2D eigenvalue weighted by Gasteiger charge is -2.12. The minimum Gasteiger partial charge on any atom is -0.494 e. The largest absolute Gasteiger partial charge is 0.494 e. The molecule has 0 aliphatic heterocycles. The van der Waals surface area contributed by atoms with Gasteiger partial charge in [-0.3, -0.25) is 4.18 Å². The molecule has 0 aliphatic carbocycles. The minimum absolute atomic E-state index is 0.178. The Morgan fingerprint density at radius 2 is 1.64 bits per heavy atom. The van der Waals surface area contributed by atoms with Crippen LogP contribution in [-0.2, 0) is 14.3 Å². The van der Waals surface area contributed by atoms with E-state index in [1.54, 1.807) is 24.3 Å². The second-order valence-electron chi connectivity index (χ2n) is 6.31. The van der Waals surface area contributed by atoms with Gasteiger partial charge in [-0.1, -0.05) is 42.8 Å². The van der Waals surface area contributed by atoms with Crippen LogP contribution in [0.4, 0.5) is 0 Å². The highest BCUT2D eigenvalue weighted by Crippen LogP contribution is 2.16. The molecule has 0 bridgehead atoms.